The molecule has 0 saturated heterocycles. The van der Waals surface area contributed by atoms with Crippen LogP contribution in [0.4, 0.5) is 0 Å². The summed E-state index contributed by atoms with van der Waals surface area (Å²) in [5, 5.41) is 2.52. The lowest BCUT2D eigenvalue weighted by Gasteiger charge is -1.97. The van der Waals surface area contributed by atoms with Crippen LogP contribution in [0.3, 0.4) is 0 Å². The van der Waals surface area contributed by atoms with Crippen LogP contribution in [0.5, 0.6) is 0 Å². The molecule has 98 valence electrons. The summed E-state index contributed by atoms with van der Waals surface area (Å²) in [5.41, 5.74) is 7.34. The Morgan fingerprint density at radius 2 is 1.55 bits per heavy atom. The highest BCUT2D eigenvalue weighted by molar-refractivity contribution is 5.98. The maximum atomic E-state index is 3.53. The molecule has 2 heterocycles. The van der Waals surface area contributed by atoms with Crippen LogP contribution in [0.2, 0.25) is 0 Å². The van der Waals surface area contributed by atoms with Gasteiger partial charge in [0, 0.05) is 39.3 Å². The van der Waals surface area contributed by atoms with Crippen LogP contribution in [0, 0.1) is 13.8 Å². The molecule has 0 fully saturated rings. The number of nitrogens with one attached hydrogen (secondary N) is 2. The third-order valence-electron chi connectivity index (χ3n) is 3.91. The molecule has 2 nitrogen and oxygen atoms in total. The molecule has 0 aliphatic rings. The lowest BCUT2D eigenvalue weighted by Crippen LogP contribution is -1.76. The molecular formula is C18H16N2. The van der Waals surface area contributed by atoms with E-state index in [0.29, 0.717) is 0 Å². The van der Waals surface area contributed by atoms with E-state index in [1.165, 1.54) is 44.2 Å². The number of fused-ring (bicyclic) bond motifs is 2. The van der Waals surface area contributed by atoms with Crippen molar-refractivity contribution in [3.05, 3.63) is 59.8 Å². The summed E-state index contributed by atoms with van der Waals surface area (Å²) in [6.07, 6.45) is 2.08. The zero-order chi connectivity index (χ0) is 13.7. The number of aromatic nitrogens is 2. The van der Waals surface area contributed by atoms with E-state index in [1.54, 1.807) is 0 Å². The summed E-state index contributed by atoms with van der Waals surface area (Å²) in [4.78, 5) is 6.89. The van der Waals surface area contributed by atoms with Gasteiger partial charge in [0.2, 0.25) is 0 Å². The Kier molecular flexibility index (Phi) is 2.27. The monoisotopic (exact) mass is 260 g/mol. The number of aryl methyl sites for hydroxylation is 2. The molecule has 4 aromatic rings. The summed E-state index contributed by atoms with van der Waals surface area (Å²) in [6.45, 7) is 4.24. The Balaban J connectivity index is 1.96. The standard InChI is InChI=1S/C18H16N2/c1-11-3-5-13-9-18(20-16(13)7-11)15-10-19-17-8-12(2)4-6-14(15)17/h3-10,19-20H,1-2H3. The second-order valence-electron chi connectivity index (χ2n) is 5.53. The van der Waals surface area contributed by atoms with Gasteiger partial charge in [0.05, 0.1) is 0 Å². The van der Waals surface area contributed by atoms with Gasteiger partial charge in [-0.25, -0.2) is 0 Å². The first-order valence-electron chi connectivity index (χ1n) is 6.88. The molecule has 2 aromatic heterocycles. The number of rotatable bonds is 1. The number of hydrogen-bond acceptors (Lipinski definition) is 0. The van der Waals surface area contributed by atoms with Crippen molar-refractivity contribution in [2.45, 2.75) is 13.8 Å². The van der Waals surface area contributed by atoms with Gasteiger partial charge < -0.3 is 9.97 Å². The van der Waals surface area contributed by atoms with E-state index in [0.717, 1.165) is 0 Å². The van der Waals surface area contributed by atoms with Crippen LogP contribution in [0.15, 0.2) is 48.7 Å². The SMILES string of the molecule is Cc1ccc2cc(-c3c[nH]c4cc(C)ccc34)[nH]c2c1. The largest absolute Gasteiger partial charge is 0.360 e. The van der Waals surface area contributed by atoms with Crippen LogP contribution in [-0.2, 0) is 0 Å². The minimum atomic E-state index is 1.17. The molecule has 2 heteroatoms. The molecule has 0 aliphatic heterocycles. The number of aromatic amines is 2. The Labute approximate surface area is 117 Å². The van der Waals surface area contributed by atoms with Crippen LogP contribution in [0.25, 0.3) is 33.1 Å². The minimum absolute atomic E-state index is 1.17. The van der Waals surface area contributed by atoms with E-state index in [2.05, 4.69) is 72.5 Å². The van der Waals surface area contributed by atoms with Gasteiger partial charge in [-0.1, -0.05) is 24.3 Å². The fourth-order valence-electron chi connectivity index (χ4n) is 2.85. The van der Waals surface area contributed by atoms with Gasteiger partial charge in [-0.15, -0.1) is 0 Å². The Morgan fingerprint density at radius 3 is 2.40 bits per heavy atom. The van der Waals surface area contributed by atoms with Crippen LogP contribution in [-0.4, -0.2) is 9.97 Å². The van der Waals surface area contributed by atoms with Crippen molar-refractivity contribution >= 4 is 21.8 Å². The van der Waals surface area contributed by atoms with Crippen molar-refractivity contribution in [2.24, 2.45) is 0 Å². The first-order valence-corrected chi connectivity index (χ1v) is 6.88. The highest BCUT2D eigenvalue weighted by Crippen LogP contribution is 2.31. The predicted molar refractivity (Wildman–Crippen MR) is 85.1 cm³/mol. The molecule has 0 radical (unpaired) electrons. The van der Waals surface area contributed by atoms with Crippen LogP contribution < -0.4 is 0 Å². The number of H-pyrrole nitrogens is 2. The van der Waals surface area contributed by atoms with Crippen molar-refractivity contribution in [1.29, 1.82) is 0 Å². The highest BCUT2D eigenvalue weighted by Gasteiger charge is 2.09. The second-order valence-corrected chi connectivity index (χ2v) is 5.53. The Hall–Kier alpha value is -2.48. The summed E-state index contributed by atoms with van der Waals surface area (Å²) in [6, 6.07) is 15.3. The Bertz CT molecular complexity index is 925. The topological polar surface area (TPSA) is 31.6 Å². The van der Waals surface area contributed by atoms with Crippen molar-refractivity contribution in [1.82, 2.24) is 9.97 Å². The lowest BCUT2D eigenvalue weighted by molar-refractivity contribution is 1.42. The van der Waals surface area contributed by atoms with Crippen molar-refractivity contribution in [3.8, 4) is 11.3 Å². The maximum Gasteiger partial charge on any atom is 0.0486 e. The van der Waals surface area contributed by atoms with Gasteiger partial charge in [0.1, 0.15) is 0 Å². The zero-order valence-electron chi connectivity index (χ0n) is 11.6. The fourth-order valence-corrected chi connectivity index (χ4v) is 2.85. The summed E-state index contributed by atoms with van der Waals surface area (Å²) in [5.74, 6) is 0. The smallest absolute Gasteiger partial charge is 0.0486 e. The molecule has 0 aliphatic carbocycles. The van der Waals surface area contributed by atoms with Crippen molar-refractivity contribution < 1.29 is 0 Å². The quantitative estimate of drug-likeness (QED) is 0.486. The molecule has 0 unspecified atom stereocenters. The summed E-state index contributed by atoms with van der Waals surface area (Å²) >= 11 is 0. The summed E-state index contributed by atoms with van der Waals surface area (Å²) < 4.78 is 0. The molecule has 0 atom stereocenters. The number of hydrogen-bond donors (Lipinski definition) is 2. The van der Waals surface area contributed by atoms with Crippen molar-refractivity contribution in [3.63, 3.8) is 0 Å². The van der Waals surface area contributed by atoms with E-state index in [-0.39, 0.29) is 0 Å². The molecule has 2 N–H and O–H groups in total. The van der Waals surface area contributed by atoms with Crippen LogP contribution >= 0.6 is 0 Å². The normalized spacial score (nSPS) is 11.5. The zero-order valence-corrected chi connectivity index (χ0v) is 11.6. The van der Waals surface area contributed by atoms with Gasteiger partial charge in [-0.2, -0.15) is 0 Å². The molecule has 0 bridgehead atoms. The van der Waals surface area contributed by atoms with E-state index in [1.807, 2.05) is 0 Å². The molecule has 2 aromatic carbocycles. The van der Waals surface area contributed by atoms with Gasteiger partial charge in [0.25, 0.3) is 0 Å². The lowest BCUT2D eigenvalue weighted by atomic mass is 10.1. The van der Waals surface area contributed by atoms with E-state index in [4.69, 9.17) is 0 Å². The molecule has 0 spiro atoms. The first kappa shape index (κ1) is 11.4. The van der Waals surface area contributed by atoms with Gasteiger partial charge in [-0.05, 0) is 43.2 Å². The van der Waals surface area contributed by atoms with Crippen LogP contribution in [0.1, 0.15) is 11.1 Å². The Morgan fingerprint density at radius 1 is 0.800 bits per heavy atom. The molecular weight excluding hydrogens is 244 g/mol. The first-order chi connectivity index (χ1) is 9.70. The van der Waals surface area contributed by atoms with Gasteiger partial charge in [0.15, 0.2) is 0 Å². The third kappa shape index (κ3) is 1.65. The molecule has 20 heavy (non-hydrogen) atoms. The molecule has 4 rings (SSSR count). The fraction of sp³-hybridized carbons (Fsp3) is 0.111. The molecule has 0 amide bonds. The molecule has 0 saturated carbocycles. The second kappa shape index (κ2) is 4.01. The summed E-state index contributed by atoms with van der Waals surface area (Å²) in [7, 11) is 0. The van der Waals surface area contributed by atoms with E-state index in [9.17, 15) is 0 Å². The minimum Gasteiger partial charge on any atom is -0.360 e. The average Bonchev–Trinajstić information content (AvgIpc) is 3.00. The van der Waals surface area contributed by atoms with Gasteiger partial charge in [-0.3, -0.25) is 0 Å². The highest BCUT2D eigenvalue weighted by atomic mass is 14.7. The third-order valence-corrected chi connectivity index (χ3v) is 3.91. The van der Waals surface area contributed by atoms with E-state index < -0.39 is 0 Å². The van der Waals surface area contributed by atoms with Gasteiger partial charge >= 0.3 is 0 Å². The van der Waals surface area contributed by atoms with Crippen molar-refractivity contribution in [2.75, 3.05) is 0 Å². The predicted octanol–water partition coefficient (Wildman–Crippen LogP) is 4.93. The maximum absolute atomic E-state index is 3.53. The average molecular weight is 260 g/mol. The number of benzene rings is 2. The van der Waals surface area contributed by atoms with E-state index >= 15 is 0 Å².